The molecule has 4 aromatic rings. The van der Waals surface area contributed by atoms with Crippen LogP contribution in [0.3, 0.4) is 0 Å². The van der Waals surface area contributed by atoms with Crippen LogP contribution in [0.25, 0.3) is 16.3 Å². The molecule has 1 atom stereocenters. The molecule has 1 N–H and O–H groups in total. The second-order valence-corrected chi connectivity index (χ2v) is 9.74. The Morgan fingerprint density at radius 1 is 1.15 bits per heavy atom. The van der Waals surface area contributed by atoms with Gasteiger partial charge >= 0.3 is 6.03 Å². The van der Waals surface area contributed by atoms with E-state index in [4.69, 9.17) is 9.51 Å². The summed E-state index contributed by atoms with van der Waals surface area (Å²) in [7, 11) is 0. The number of urea groups is 1. The number of nitrogens with zero attached hydrogens (tertiary/aromatic N) is 3. The highest BCUT2D eigenvalue weighted by molar-refractivity contribution is 7.98. The molecule has 0 radical (unpaired) electrons. The van der Waals surface area contributed by atoms with Crippen LogP contribution in [0, 0.1) is 0 Å². The van der Waals surface area contributed by atoms with Crippen molar-refractivity contribution in [3.63, 3.8) is 0 Å². The molecule has 0 fully saturated rings. The van der Waals surface area contributed by atoms with E-state index in [1.807, 2.05) is 55.0 Å². The van der Waals surface area contributed by atoms with E-state index in [0.29, 0.717) is 11.7 Å². The van der Waals surface area contributed by atoms with Crippen LogP contribution < -0.4 is 10.2 Å². The van der Waals surface area contributed by atoms with E-state index in [9.17, 15) is 4.79 Å². The molecule has 3 heterocycles. The SMILES string of the molecule is CCc1ccc(C2NC(=O)N(c3cccc(SC)c3)C(C)=C2c2nc(-c3cccs3)no2)cc1. The van der Waals surface area contributed by atoms with E-state index in [1.165, 1.54) is 5.56 Å². The number of rotatable bonds is 6. The van der Waals surface area contributed by atoms with Crippen molar-refractivity contribution >= 4 is 40.4 Å². The topological polar surface area (TPSA) is 71.3 Å². The monoisotopic (exact) mass is 488 g/mol. The summed E-state index contributed by atoms with van der Waals surface area (Å²) in [6, 6.07) is 19.5. The summed E-state index contributed by atoms with van der Waals surface area (Å²) in [6.45, 7) is 4.06. The molecule has 1 aliphatic rings. The molecular formula is C26H24N4O2S2. The Kier molecular flexibility index (Phi) is 6.26. The van der Waals surface area contributed by atoms with Crippen LogP contribution in [-0.4, -0.2) is 22.4 Å². The molecule has 0 saturated carbocycles. The number of nitrogens with one attached hydrogen (secondary N) is 1. The number of carbonyl (C=O) groups is 1. The first kappa shape index (κ1) is 22.4. The van der Waals surface area contributed by atoms with Gasteiger partial charge in [-0.2, -0.15) is 4.98 Å². The number of benzene rings is 2. The van der Waals surface area contributed by atoms with Gasteiger partial charge in [0.1, 0.15) is 0 Å². The minimum Gasteiger partial charge on any atom is -0.334 e. The molecule has 172 valence electrons. The maximum absolute atomic E-state index is 13.4. The molecule has 0 aliphatic carbocycles. The molecule has 1 aliphatic heterocycles. The summed E-state index contributed by atoms with van der Waals surface area (Å²) < 4.78 is 5.76. The standard InChI is InChI=1S/C26H24N4O2S2/c1-4-17-10-12-18(13-11-17)23-22(25-28-24(29-32-25)21-9-6-14-34-21)16(2)30(26(31)27-23)19-7-5-8-20(15-19)33-3/h5-15,23H,4H2,1-3H3,(H,27,31). The molecule has 0 spiro atoms. The maximum atomic E-state index is 13.4. The molecule has 1 unspecified atom stereocenters. The van der Waals surface area contributed by atoms with Crippen LogP contribution in [0.2, 0.25) is 0 Å². The quantitative estimate of drug-likeness (QED) is 0.303. The minimum atomic E-state index is -0.407. The highest BCUT2D eigenvalue weighted by atomic mass is 32.2. The molecule has 2 aromatic heterocycles. The van der Waals surface area contributed by atoms with Gasteiger partial charge in [0.25, 0.3) is 5.89 Å². The number of anilines is 1. The Labute approximate surface area is 206 Å². The van der Waals surface area contributed by atoms with E-state index in [1.54, 1.807) is 28.0 Å². The van der Waals surface area contributed by atoms with Crippen LogP contribution in [-0.2, 0) is 6.42 Å². The zero-order valence-corrected chi connectivity index (χ0v) is 20.7. The number of thiophene rings is 1. The minimum absolute atomic E-state index is 0.193. The number of aromatic nitrogens is 2. The fraction of sp³-hybridized carbons (Fsp3) is 0.192. The van der Waals surface area contributed by atoms with Gasteiger partial charge in [-0.3, -0.25) is 4.90 Å². The Balaban J connectivity index is 1.65. The second-order valence-electron chi connectivity index (χ2n) is 7.91. The largest absolute Gasteiger partial charge is 0.334 e. The first-order valence-electron chi connectivity index (χ1n) is 11.0. The molecule has 5 rings (SSSR count). The highest BCUT2D eigenvalue weighted by Crippen LogP contribution is 2.40. The van der Waals surface area contributed by atoms with E-state index in [0.717, 1.165) is 38.7 Å². The number of allylic oxidation sites excluding steroid dienone is 1. The average Bonchev–Trinajstić information content (AvgIpc) is 3.56. The van der Waals surface area contributed by atoms with Gasteiger partial charge in [0.05, 0.1) is 22.2 Å². The zero-order chi connectivity index (χ0) is 23.7. The van der Waals surface area contributed by atoms with Crippen LogP contribution in [0.15, 0.2) is 81.2 Å². The maximum Gasteiger partial charge on any atom is 0.326 e. The Hall–Kier alpha value is -3.36. The third-order valence-corrected chi connectivity index (χ3v) is 7.51. The predicted molar refractivity (Wildman–Crippen MR) is 138 cm³/mol. The van der Waals surface area contributed by atoms with Crippen molar-refractivity contribution in [2.45, 2.75) is 31.2 Å². The summed E-state index contributed by atoms with van der Waals surface area (Å²) in [5.41, 5.74) is 4.54. The lowest BCUT2D eigenvalue weighted by Gasteiger charge is -2.35. The molecule has 8 heteroatoms. The number of thioether (sulfide) groups is 1. The van der Waals surface area contributed by atoms with Gasteiger partial charge in [0.2, 0.25) is 5.82 Å². The lowest BCUT2D eigenvalue weighted by atomic mass is 9.93. The summed E-state index contributed by atoms with van der Waals surface area (Å²) in [6.07, 6.45) is 2.97. The van der Waals surface area contributed by atoms with Gasteiger partial charge in [0, 0.05) is 10.6 Å². The Morgan fingerprint density at radius 3 is 2.68 bits per heavy atom. The van der Waals surface area contributed by atoms with Crippen LogP contribution >= 0.6 is 23.1 Å². The average molecular weight is 489 g/mol. The Morgan fingerprint density at radius 2 is 1.97 bits per heavy atom. The number of carbonyl (C=O) groups excluding carboxylic acids is 1. The summed E-state index contributed by atoms with van der Waals surface area (Å²) >= 11 is 3.19. The van der Waals surface area contributed by atoms with E-state index in [2.05, 4.69) is 41.7 Å². The smallest absolute Gasteiger partial charge is 0.326 e. The molecule has 2 aromatic carbocycles. The number of aryl methyl sites for hydroxylation is 1. The van der Waals surface area contributed by atoms with Gasteiger partial charge in [-0.15, -0.1) is 23.1 Å². The lowest BCUT2D eigenvalue weighted by molar-refractivity contribution is 0.244. The fourth-order valence-electron chi connectivity index (χ4n) is 4.12. The van der Waals surface area contributed by atoms with Crippen molar-refractivity contribution < 1.29 is 9.32 Å². The molecule has 0 bridgehead atoms. The molecular weight excluding hydrogens is 464 g/mol. The van der Waals surface area contributed by atoms with Crippen molar-refractivity contribution in [1.82, 2.24) is 15.5 Å². The Bertz CT molecular complexity index is 1340. The van der Waals surface area contributed by atoms with Gasteiger partial charge in [-0.25, -0.2) is 4.79 Å². The lowest BCUT2D eigenvalue weighted by Crippen LogP contribution is -2.46. The van der Waals surface area contributed by atoms with Crippen molar-refractivity contribution in [3.05, 3.63) is 88.8 Å². The zero-order valence-electron chi connectivity index (χ0n) is 19.1. The van der Waals surface area contributed by atoms with Crippen LogP contribution in [0.4, 0.5) is 10.5 Å². The number of hydrogen-bond donors (Lipinski definition) is 1. The number of amides is 2. The van der Waals surface area contributed by atoms with E-state index >= 15 is 0 Å². The predicted octanol–water partition coefficient (Wildman–Crippen LogP) is 6.78. The number of hydrogen-bond acceptors (Lipinski definition) is 6. The van der Waals surface area contributed by atoms with Gasteiger partial charge in [0.15, 0.2) is 0 Å². The molecule has 6 nitrogen and oxygen atoms in total. The summed E-state index contributed by atoms with van der Waals surface area (Å²) in [5, 5.41) is 9.38. The first-order chi connectivity index (χ1) is 16.6. The normalized spacial score (nSPS) is 16.1. The van der Waals surface area contributed by atoms with Crippen molar-refractivity contribution in [2.75, 3.05) is 11.2 Å². The van der Waals surface area contributed by atoms with Crippen molar-refractivity contribution in [3.8, 4) is 10.7 Å². The third-order valence-electron chi connectivity index (χ3n) is 5.92. The van der Waals surface area contributed by atoms with Crippen LogP contribution in [0.5, 0.6) is 0 Å². The van der Waals surface area contributed by atoms with E-state index in [-0.39, 0.29) is 6.03 Å². The van der Waals surface area contributed by atoms with Crippen molar-refractivity contribution in [2.24, 2.45) is 0 Å². The molecule has 0 saturated heterocycles. The van der Waals surface area contributed by atoms with Crippen LogP contribution in [0.1, 0.15) is 36.9 Å². The first-order valence-corrected chi connectivity index (χ1v) is 13.1. The van der Waals surface area contributed by atoms with Gasteiger partial charge in [-0.1, -0.05) is 48.5 Å². The van der Waals surface area contributed by atoms with Crippen molar-refractivity contribution in [1.29, 1.82) is 0 Å². The molecule has 2 amide bonds. The fourth-order valence-corrected chi connectivity index (χ4v) is 5.22. The summed E-state index contributed by atoms with van der Waals surface area (Å²) in [5.74, 6) is 0.940. The van der Waals surface area contributed by atoms with Gasteiger partial charge < -0.3 is 9.84 Å². The molecule has 34 heavy (non-hydrogen) atoms. The van der Waals surface area contributed by atoms with E-state index < -0.39 is 6.04 Å². The second kappa shape index (κ2) is 9.48. The van der Waals surface area contributed by atoms with Gasteiger partial charge in [-0.05, 0) is 60.4 Å². The highest BCUT2D eigenvalue weighted by Gasteiger charge is 2.36. The third kappa shape index (κ3) is 4.15. The summed E-state index contributed by atoms with van der Waals surface area (Å²) in [4.78, 5) is 21.8.